The molecule has 4 heteroatoms. The molecule has 1 atom stereocenters. The largest absolute Gasteiger partial charge is 0.449 e. The SMILES string of the molecule is OCCc1nc(C2CCNC2)co1. The van der Waals surface area contributed by atoms with Gasteiger partial charge in [0.2, 0.25) is 0 Å². The van der Waals surface area contributed by atoms with E-state index in [2.05, 4.69) is 10.3 Å². The van der Waals surface area contributed by atoms with E-state index < -0.39 is 0 Å². The maximum Gasteiger partial charge on any atom is 0.196 e. The van der Waals surface area contributed by atoms with Gasteiger partial charge in [0.05, 0.1) is 12.3 Å². The van der Waals surface area contributed by atoms with Gasteiger partial charge in [-0.3, -0.25) is 0 Å². The molecule has 1 saturated heterocycles. The average Bonchev–Trinajstić information content (AvgIpc) is 2.70. The lowest BCUT2D eigenvalue weighted by Gasteiger charge is -2.00. The minimum atomic E-state index is 0.100. The van der Waals surface area contributed by atoms with Crippen molar-refractivity contribution < 1.29 is 9.52 Å². The molecule has 1 aliphatic heterocycles. The normalized spacial score (nSPS) is 22.4. The van der Waals surface area contributed by atoms with Crippen LogP contribution in [-0.2, 0) is 6.42 Å². The average molecular weight is 182 g/mol. The van der Waals surface area contributed by atoms with Gasteiger partial charge in [0.1, 0.15) is 6.26 Å². The Labute approximate surface area is 77.0 Å². The van der Waals surface area contributed by atoms with E-state index in [4.69, 9.17) is 9.52 Å². The lowest BCUT2D eigenvalue weighted by atomic mass is 10.1. The zero-order chi connectivity index (χ0) is 9.10. The first-order chi connectivity index (χ1) is 6.40. The molecule has 0 radical (unpaired) electrons. The predicted octanol–water partition coefficient (Wildman–Crippen LogP) is 0.286. The summed E-state index contributed by atoms with van der Waals surface area (Å²) in [6.45, 7) is 2.15. The van der Waals surface area contributed by atoms with Crippen LogP contribution in [0.5, 0.6) is 0 Å². The van der Waals surface area contributed by atoms with Crippen LogP contribution in [0.2, 0.25) is 0 Å². The van der Waals surface area contributed by atoms with Crippen LogP contribution >= 0.6 is 0 Å². The van der Waals surface area contributed by atoms with Crippen LogP contribution < -0.4 is 5.32 Å². The molecule has 0 aromatic carbocycles. The molecule has 0 amide bonds. The first-order valence-corrected chi connectivity index (χ1v) is 4.66. The van der Waals surface area contributed by atoms with Gasteiger partial charge in [-0.2, -0.15) is 0 Å². The van der Waals surface area contributed by atoms with Gasteiger partial charge in [0.25, 0.3) is 0 Å². The summed E-state index contributed by atoms with van der Waals surface area (Å²) >= 11 is 0. The van der Waals surface area contributed by atoms with E-state index in [1.807, 2.05) is 0 Å². The first-order valence-electron chi connectivity index (χ1n) is 4.66. The van der Waals surface area contributed by atoms with Crippen molar-refractivity contribution in [3.8, 4) is 0 Å². The van der Waals surface area contributed by atoms with E-state index in [0.717, 1.165) is 25.2 Å². The Kier molecular flexibility index (Phi) is 2.61. The Morgan fingerprint density at radius 2 is 2.62 bits per heavy atom. The molecule has 1 fully saturated rings. The van der Waals surface area contributed by atoms with Gasteiger partial charge in [-0.25, -0.2) is 4.98 Å². The highest BCUT2D eigenvalue weighted by Gasteiger charge is 2.19. The summed E-state index contributed by atoms with van der Waals surface area (Å²) in [4.78, 5) is 4.32. The molecule has 1 aromatic heterocycles. The first kappa shape index (κ1) is 8.72. The van der Waals surface area contributed by atoms with Crippen LogP contribution in [0.4, 0.5) is 0 Å². The van der Waals surface area contributed by atoms with E-state index in [9.17, 15) is 0 Å². The monoisotopic (exact) mass is 182 g/mol. The van der Waals surface area contributed by atoms with Gasteiger partial charge in [-0.15, -0.1) is 0 Å². The van der Waals surface area contributed by atoms with E-state index in [0.29, 0.717) is 18.2 Å². The number of oxazole rings is 1. The molecule has 0 aliphatic carbocycles. The van der Waals surface area contributed by atoms with E-state index >= 15 is 0 Å². The number of aromatic nitrogens is 1. The molecule has 2 heterocycles. The molecular weight excluding hydrogens is 168 g/mol. The molecule has 4 nitrogen and oxygen atoms in total. The smallest absolute Gasteiger partial charge is 0.196 e. The minimum Gasteiger partial charge on any atom is -0.449 e. The Hall–Kier alpha value is -0.870. The lowest BCUT2D eigenvalue weighted by molar-refractivity contribution is 0.285. The number of hydrogen-bond acceptors (Lipinski definition) is 4. The molecule has 0 bridgehead atoms. The Morgan fingerprint density at radius 3 is 3.31 bits per heavy atom. The fraction of sp³-hybridized carbons (Fsp3) is 0.667. The molecule has 2 N–H and O–H groups in total. The molecule has 1 unspecified atom stereocenters. The van der Waals surface area contributed by atoms with Crippen LogP contribution in [0.1, 0.15) is 23.9 Å². The number of nitrogens with one attached hydrogen (secondary N) is 1. The second kappa shape index (κ2) is 3.89. The summed E-state index contributed by atoms with van der Waals surface area (Å²) in [6, 6.07) is 0. The highest BCUT2D eigenvalue weighted by atomic mass is 16.3. The zero-order valence-electron chi connectivity index (χ0n) is 7.49. The zero-order valence-corrected chi connectivity index (χ0v) is 7.49. The number of hydrogen-bond donors (Lipinski definition) is 2. The molecule has 0 saturated carbocycles. The minimum absolute atomic E-state index is 0.100. The molecule has 13 heavy (non-hydrogen) atoms. The van der Waals surface area contributed by atoms with E-state index in [-0.39, 0.29) is 6.61 Å². The van der Waals surface area contributed by atoms with Crippen molar-refractivity contribution in [3.63, 3.8) is 0 Å². The van der Waals surface area contributed by atoms with Crippen LogP contribution in [0, 0.1) is 0 Å². The number of aliphatic hydroxyl groups is 1. The van der Waals surface area contributed by atoms with Crippen LogP contribution in [-0.4, -0.2) is 29.8 Å². The molecule has 0 spiro atoms. The van der Waals surface area contributed by atoms with Crippen LogP contribution in [0.3, 0.4) is 0 Å². The molecule has 2 rings (SSSR count). The third-order valence-corrected chi connectivity index (χ3v) is 2.37. The van der Waals surface area contributed by atoms with Gasteiger partial charge < -0.3 is 14.8 Å². The summed E-state index contributed by atoms with van der Waals surface area (Å²) in [6.07, 6.45) is 3.36. The summed E-state index contributed by atoms with van der Waals surface area (Å²) in [5.41, 5.74) is 1.02. The number of aliphatic hydroxyl groups excluding tert-OH is 1. The predicted molar refractivity (Wildman–Crippen MR) is 47.5 cm³/mol. The highest BCUT2D eigenvalue weighted by Crippen LogP contribution is 2.21. The van der Waals surface area contributed by atoms with Crippen LogP contribution in [0.25, 0.3) is 0 Å². The summed E-state index contributed by atoms with van der Waals surface area (Å²) in [5.74, 6) is 1.14. The molecular formula is C9H14N2O2. The fourth-order valence-corrected chi connectivity index (χ4v) is 1.63. The Morgan fingerprint density at radius 1 is 1.69 bits per heavy atom. The maximum absolute atomic E-state index is 8.68. The van der Waals surface area contributed by atoms with E-state index in [1.54, 1.807) is 6.26 Å². The van der Waals surface area contributed by atoms with Gasteiger partial charge >= 0.3 is 0 Å². The van der Waals surface area contributed by atoms with E-state index in [1.165, 1.54) is 0 Å². The summed E-state index contributed by atoms with van der Waals surface area (Å²) in [7, 11) is 0. The molecule has 1 aliphatic rings. The second-order valence-electron chi connectivity index (χ2n) is 3.33. The third-order valence-electron chi connectivity index (χ3n) is 2.37. The third kappa shape index (κ3) is 1.89. The van der Waals surface area contributed by atoms with Crippen LogP contribution in [0.15, 0.2) is 10.7 Å². The van der Waals surface area contributed by atoms with Gasteiger partial charge in [0, 0.05) is 18.9 Å². The van der Waals surface area contributed by atoms with Gasteiger partial charge in [-0.05, 0) is 13.0 Å². The molecule has 1 aromatic rings. The standard InChI is InChI=1S/C9H14N2O2/c12-4-2-9-11-8(6-13-9)7-1-3-10-5-7/h6-7,10,12H,1-5H2. The van der Waals surface area contributed by atoms with Crippen molar-refractivity contribution in [1.29, 1.82) is 0 Å². The summed E-state index contributed by atoms with van der Waals surface area (Å²) < 4.78 is 5.22. The number of nitrogens with zero attached hydrogens (tertiary/aromatic N) is 1. The van der Waals surface area contributed by atoms with Crippen molar-refractivity contribution in [1.82, 2.24) is 10.3 Å². The fourth-order valence-electron chi connectivity index (χ4n) is 1.63. The summed E-state index contributed by atoms with van der Waals surface area (Å²) in [5, 5.41) is 12.0. The van der Waals surface area contributed by atoms with Gasteiger partial charge in [0.15, 0.2) is 5.89 Å². The lowest BCUT2D eigenvalue weighted by Crippen LogP contribution is -2.08. The molecule has 72 valence electrons. The second-order valence-corrected chi connectivity index (χ2v) is 3.33. The van der Waals surface area contributed by atoms with Crippen molar-refractivity contribution >= 4 is 0 Å². The quantitative estimate of drug-likeness (QED) is 0.705. The number of rotatable bonds is 3. The van der Waals surface area contributed by atoms with Crippen molar-refractivity contribution in [3.05, 3.63) is 17.8 Å². The van der Waals surface area contributed by atoms with Crippen molar-refractivity contribution in [2.24, 2.45) is 0 Å². The highest BCUT2D eigenvalue weighted by molar-refractivity contribution is 5.07. The maximum atomic E-state index is 8.68. The van der Waals surface area contributed by atoms with Gasteiger partial charge in [-0.1, -0.05) is 0 Å². The topological polar surface area (TPSA) is 58.3 Å². The Balaban J connectivity index is 2.03. The van der Waals surface area contributed by atoms with Crippen molar-refractivity contribution in [2.45, 2.75) is 18.8 Å². The Bertz CT molecular complexity index is 266. The van der Waals surface area contributed by atoms with Crippen molar-refractivity contribution in [2.75, 3.05) is 19.7 Å².